The van der Waals surface area contributed by atoms with Crippen molar-refractivity contribution >= 4 is 11.8 Å². The van der Waals surface area contributed by atoms with Crippen molar-refractivity contribution < 1.29 is 14.0 Å². The second kappa shape index (κ2) is 10.1. The molecule has 0 aliphatic rings. The highest BCUT2D eigenvalue weighted by Gasteiger charge is 2.25. The molecule has 0 saturated carbocycles. The van der Waals surface area contributed by atoms with E-state index in [2.05, 4.69) is 6.92 Å². The van der Waals surface area contributed by atoms with Crippen molar-refractivity contribution in [3.05, 3.63) is 59.7 Å². The van der Waals surface area contributed by atoms with Gasteiger partial charge in [0, 0.05) is 37.1 Å². The van der Waals surface area contributed by atoms with Gasteiger partial charge in [0.25, 0.3) is 5.91 Å². The van der Waals surface area contributed by atoms with Crippen molar-refractivity contribution in [1.82, 2.24) is 14.4 Å². The number of aryl methyl sites for hydroxylation is 1. The largest absolute Gasteiger partial charge is 0.353 e. The number of halogens is 1. The molecule has 1 aromatic heterocycles. The highest BCUT2D eigenvalue weighted by Crippen LogP contribution is 2.13. The van der Waals surface area contributed by atoms with Crippen LogP contribution in [0.3, 0.4) is 0 Å². The summed E-state index contributed by atoms with van der Waals surface area (Å²) in [7, 11) is 1.95. The smallest absolute Gasteiger partial charge is 0.254 e. The molecule has 2 rings (SSSR count). The molecular formula is C22H30FN3O2. The number of unbranched alkanes of at least 4 members (excludes halogenated alkanes) is 1. The van der Waals surface area contributed by atoms with Gasteiger partial charge in [0.1, 0.15) is 12.4 Å². The molecule has 28 heavy (non-hydrogen) atoms. The van der Waals surface area contributed by atoms with Crippen molar-refractivity contribution in [3.63, 3.8) is 0 Å². The van der Waals surface area contributed by atoms with E-state index < -0.39 is 5.82 Å². The molecule has 1 aromatic carbocycles. The van der Waals surface area contributed by atoms with Gasteiger partial charge in [0.15, 0.2) is 0 Å². The summed E-state index contributed by atoms with van der Waals surface area (Å²) >= 11 is 0. The molecule has 0 aliphatic carbocycles. The molecule has 0 aliphatic heterocycles. The maximum atomic E-state index is 13.5. The minimum Gasteiger partial charge on any atom is -0.353 e. The van der Waals surface area contributed by atoms with Crippen LogP contribution in [0, 0.1) is 5.82 Å². The molecule has 5 nitrogen and oxygen atoms in total. The van der Waals surface area contributed by atoms with Crippen molar-refractivity contribution in [2.75, 3.05) is 13.1 Å². The van der Waals surface area contributed by atoms with Crippen LogP contribution in [0.5, 0.6) is 0 Å². The normalized spacial score (nSPS) is 10.9. The van der Waals surface area contributed by atoms with E-state index in [1.54, 1.807) is 11.0 Å². The summed E-state index contributed by atoms with van der Waals surface area (Å²) < 4.78 is 15.5. The average Bonchev–Trinajstić information content (AvgIpc) is 3.06. The Morgan fingerprint density at radius 2 is 1.93 bits per heavy atom. The number of hydrogen-bond donors (Lipinski definition) is 0. The summed E-state index contributed by atoms with van der Waals surface area (Å²) in [6, 6.07) is 9.35. The number of carbonyl (C=O) groups excluding carboxylic acids is 2. The van der Waals surface area contributed by atoms with E-state index in [1.165, 1.54) is 23.1 Å². The Kier molecular flexibility index (Phi) is 7.79. The van der Waals surface area contributed by atoms with E-state index >= 15 is 0 Å². The minimum atomic E-state index is -0.464. The zero-order valence-electron chi connectivity index (χ0n) is 17.2. The molecule has 0 fully saturated rings. The Balaban J connectivity index is 2.17. The summed E-state index contributed by atoms with van der Waals surface area (Å²) in [5, 5.41) is 0. The summed E-state index contributed by atoms with van der Waals surface area (Å²) in [4.78, 5) is 29.2. The molecular weight excluding hydrogens is 357 g/mol. The molecule has 0 bridgehead atoms. The monoisotopic (exact) mass is 387 g/mol. The summed E-state index contributed by atoms with van der Waals surface area (Å²) in [6.07, 6.45) is 3.83. The molecule has 0 radical (unpaired) electrons. The molecule has 0 unspecified atom stereocenters. The number of rotatable bonds is 9. The number of benzene rings is 1. The zero-order valence-corrected chi connectivity index (χ0v) is 17.2. The quantitative estimate of drug-likeness (QED) is 0.656. The van der Waals surface area contributed by atoms with Crippen molar-refractivity contribution in [1.29, 1.82) is 0 Å². The fraction of sp³-hybridized carbons (Fsp3) is 0.455. The number of aromatic nitrogens is 1. The minimum absolute atomic E-state index is 0.0266. The summed E-state index contributed by atoms with van der Waals surface area (Å²) in [5.41, 5.74) is 1.29. The highest BCUT2D eigenvalue weighted by molar-refractivity contribution is 5.96. The van der Waals surface area contributed by atoms with E-state index in [-0.39, 0.29) is 30.0 Å². The molecule has 2 aromatic rings. The van der Waals surface area contributed by atoms with E-state index in [4.69, 9.17) is 0 Å². The van der Waals surface area contributed by atoms with Crippen LogP contribution in [0.1, 0.15) is 49.7 Å². The molecule has 0 saturated heterocycles. The first-order valence-corrected chi connectivity index (χ1v) is 9.78. The van der Waals surface area contributed by atoms with Gasteiger partial charge < -0.3 is 14.4 Å². The van der Waals surface area contributed by atoms with E-state index in [9.17, 15) is 14.0 Å². The van der Waals surface area contributed by atoms with Gasteiger partial charge in [0.05, 0.1) is 6.54 Å². The lowest BCUT2D eigenvalue weighted by Gasteiger charge is -2.30. The van der Waals surface area contributed by atoms with E-state index in [1.807, 2.05) is 43.8 Å². The third kappa shape index (κ3) is 5.68. The van der Waals surface area contributed by atoms with Gasteiger partial charge in [-0.3, -0.25) is 9.59 Å². The number of amides is 2. The first-order chi connectivity index (χ1) is 13.3. The Bertz CT molecular complexity index is 801. The van der Waals surface area contributed by atoms with Gasteiger partial charge in [0.2, 0.25) is 5.91 Å². The van der Waals surface area contributed by atoms with Gasteiger partial charge >= 0.3 is 0 Å². The second-order valence-electron chi connectivity index (χ2n) is 7.32. The SMILES string of the molecule is CCCCN(Cc1cccn1C)C(=O)CN(C(=O)c1cccc(F)c1)C(C)C. The first kappa shape index (κ1) is 21.7. The first-order valence-electron chi connectivity index (χ1n) is 9.78. The van der Waals surface area contributed by atoms with Crippen LogP contribution >= 0.6 is 0 Å². The van der Waals surface area contributed by atoms with Gasteiger partial charge in [-0.2, -0.15) is 0 Å². The van der Waals surface area contributed by atoms with Crippen LogP contribution in [-0.2, 0) is 18.4 Å². The van der Waals surface area contributed by atoms with Crippen LogP contribution in [-0.4, -0.2) is 45.3 Å². The molecule has 1 heterocycles. The van der Waals surface area contributed by atoms with Crippen LogP contribution in [0.25, 0.3) is 0 Å². The van der Waals surface area contributed by atoms with Gasteiger partial charge in [-0.05, 0) is 50.6 Å². The Hall–Kier alpha value is -2.63. The van der Waals surface area contributed by atoms with Crippen molar-refractivity contribution in [2.45, 2.75) is 46.2 Å². The van der Waals surface area contributed by atoms with Gasteiger partial charge in [-0.1, -0.05) is 19.4 Å². The maximum absolute atomic E-state index is 13.5. The lowest BCUT2D eigenvalue weighted by Crippen LogP contribution is -2.46. The lowest BCUT2D eigenvalue weighted by atomic mass is 10.1. The second-order valence-corrected chi connectivity index (χ2v) is 7.32. The van der Waals surface area contributed by atoms with Crippen LogP contribution < -0.4 is 0 Å². The predicted octanol–water partition coefficient (Wildman–Crippen LogP) is 3.84. The number of hydrogen-bond acceptors (Lipinski definition) is 2. The van der Waals surface area contributed by atoms with Gasteiger partial charge in [-0.15, -0.1) is 0 Å². The molecule has 2 amide bonds. The molecule has 0 N–H and O–H groups in total. The third-order valence-electron chi connectivity index (χ3n) is 4.80. The fourth-order valence-electron chi connectivity index (χ4n) is 3.02. The van der Waals surface area contributed by atoms with E-state index in [0.29, 0.717) is 13.1 Å². The Morgan fingerprint density at radius 3 is 2.50 bits per heavy atom. The standard InChI is InChI=1S/C22H30FN3O2/c1-5-6-13-25(15-20-11-8-12-24(20)4)21(27)16-26(17(2)3)22(28)18-9-7-10-19(23)14-18/h7-12,14,17H,5-6,13,15-16H2,1-4H3. The fourth-order valence-corrected chi connectivity index (χ4v) is 3.02. The lowest BCUT2D eigenvalue weighted by molar-refractivity contribution is -0.133. The third-order valence-corrected chi connectivity index (χ3v) is 4.80. The molecule has 0 atom stereocenters. The van der Waals surface area contributed by atoms with Crippen LogP contribution in [0.4, 0.5) is 4.39 Å². The van der Waals surface area contributed by atoms with Crippen LogP contribution in [0.15, 0.2) is 42.6 Å². The summed E-state index contributed by atoms with van der Waals surface area (Å²) in [6.45, 7) is 6.92. The highest BCUT2D eigenvalue weighted by atomic mass is 19.1. The topological polar surface area (TPSA) is 45.6 Å². The average molecular weight is 387 g/mol. The number of nitrogens with zero attached hydrogens (tertiary/aromatic N) is 3. The zero-order chi connectivity index (χ0) is 20.7. The number of carbonyl (C=O) groups is 2. The van der Waals surface area contributed by atoms with Gasteiger partial charge in [-0.25, -0.2) is 4.39 Å². The molecule has 0 spiro atoms. The van der Waals surface area contributed by atoms with Crippen molar-refractivity contribution in [3.8, 4) is 0 Å². The molecule has 6 heteroatoms. The Labute approximate surface area is 166 Å². The maximum Gasteiger partial charge on any atom is 0.254 e. The summed E-state index contributed by atoms with van der Waals surface area (Å²) in [5.74, 6) is -0.903. The van der Waals surface area contributed by atoms with E-state index in [0.717, 1.165) is 18.5 Å². The Morgan fingerprint density at radius 1 is 1.18 bits per heavy atom. The molecule has 152 valence electrons. The van der Waals surface area contributed by atoms with Crippen LogP contribution in [0.2, 0.25) is 0 Å². The van der Waals surface area contributed by atoms with Crippen molar-refractivity contribution in [2.24, 2.45) is 7.05 Å². The predicted molar refractivity (Wildman–Crippen MR) is 108 cm³/mol.